The summed E-state index contributed by atoms with van der Waals surface area (Å²) >= 11 is 12.2. The number of hydrogen-bond acceptors (Lipinski definition) is 5. The number of hydrogen-bond donors (Lipinski definition) is 4. The Labute approximate surface area is 252 Å². The fourth-order valence-electron chi connectivity index (χ4n) is 5.42. The lowest BCUT2D eigenvalue weighted by atomic mass is 9.85. The number of carboxylic acid groups (broad SMARTS) is 1. The second-order valence-corrected chi connectivity index (χ2v) is 11.1. The second-order valence-electron chi connectivity index (χ2n) is 10.2. The summed E-state index contributed by atoms with van der Waals surface area (Å²) in [6.45, 7) is 1.26. The molecular formula is C30H29Cl2N5O5. The van der Waals surface area contributed by atoms with Crippen molar-refractivity contribution in [1.82, 2.24) is 15.5 Å². The van der Waals surface area contributed by atoms with E-state index in [1.807, 2.05) is 30.3 Å². The summed E-state index contributed by atoms with van der Waals surface area (Å²) in [6, 6.07) is 19.6. The maximum absolute atomic E-state index is 13.0. The molecule has 3 aromatic carbocycles. The lowest BCUT2D eigenvalue weighted by Crippen LogP contribution is -2.57. The average molecular weight is 610 g/mol. The van der Waals surface area contributed by atoms with Crippen LogP contribution in [0.15, 0.2) is 72.8 Å². The average Bonchev–Trinajstić information content (AvgIpc) is 3.29. The van der Waals surface area contributed by atoms with Crippen molar-refractivity contribution >= 4 is 58.4 Å². The number of benzene rings is 3. The lowest BCUT2D eigenvalue weighted by Gasteiger charge is -2.43. The standard InChI is InChI=1S/C30H29Cl2N5O5/c31-22-7-4-8-23(32)25(22)26(38)35-24(27(39)40)17-19-9-11-20(12-10-19)34-29(42)36-15-13-30(14-16-36)28(41)33-18-37(30)21-5-2-1-3-6-21/h1-12,24H,13-18H2,(H,33,41)(H,34,42)(H,35,38)(H,39,40). The minimum absolute atomic E-state index is 0.00551. The van der Waals surface area contributed by atoms with E-state index in [0.717, 1.165) is 5.69 Å². The Morgan fingerprint density at radius 1 is 0.929 bits per heavy atom. The molecule has 2 aliphatic rings. The van der Waals surface area contributed by atoms with Gasteiger partial charge in [0.15, 0.2) is 0 Å². The van der Waals surface area contributed by atoms with E-state index in [0.29, 0.717) is 43.9 Å². The topological polar surface area (TPSA) is 131 Å². The van der Waals surface area contributed by atoms with Gasteiger partial charge in [0.2, 0.25) is 5.91 Å². The molecule has 2 saturated heterocycles. The van der Waals surface area contributed by atoms with Gasteiger partial charge in [0, 0.05) is 30.9 Å². The van der Waals surface area contributed by atoms with Crippen LogP contribution < -0.4 is 20.9 Å². The number of carbonyl (C=O) groups excluding carboxylic acids is 3. The number of nitrogens with zero attached hydrogens (tertiary/aromatic N) is 2. The molecule has 3 aromatic rings. The number of piperidine rings is 1. The highest BCUT2D eigenvalue weighted by Crippen LogP contribution is 2.36. The molecule has 2 fully saturated rings. The normalized spacial score (nSPS) is 16.6. The number of nitrogens with one attached hydrogen (secondary N) is 3. The van der Waals surface area contributed by atoms with Gasteiger partial charge in [-0.2, -0.15) is 0 Å². The Hall–Kier alpha value is -4.28. The zero-order valence-electron chi connectivity index (χ0n) is 22.5. The molecule has 5 rings (SSSR count). The molecule has 0 saturated carbocycles. The monoisotopic (exact) mass is 609 g/mol. The Bertz CT molecular complexity index is 1470. The summed E-state index contributed by atoms with van der Waals surface area (Å²) in [5, 5.41) is 18.2. The summed E-state index contributed by atoms with van der Waals surface area (Å²) in [5.74, 6) is -1.92. The predicted molar refractivity (Wildman–Crippen MR) is 160 cm³/mol. The van der Waals surface area contributed by atoms with Crippen LogP contribution in [0.2, 0.25) is 10.0 Å². The molecule has 0 bridgehead atoms. The summed E-state index contributed by atoms with van der Waals surface area (Å²) in [4.78, 5) is 54.2. The van der Waals surface area contributed by atoms with Crippen molar-refractivity contribution in [1.29, 1.82) is 0 Å². The van der Waals surface area contributed by atoms with Gasteiger partial charge in [-0.1, -0.05) is 59.6 Å². The van der Waals surface area contributed by atoms with Crippen molar-refractivity contribution in [3.8, 4) is 0 Å². The smallest absolute Gasteiger partial charge is 0.326 e. The van der Waals surface area contributed by atoms with E-state index >= 15 is 0 Å². The van der Waals surface area contributed by atoms with Crippen LogP contribution in [0.1, 0.15) is 28.8 Å². The van der Waals surface area contributed by atoms with E-state index in [1.165, 1.54) is 12.1 Å². The van der Waals surface area contributed by atoms with Crippen LogP contribution in [-0.2, 0) is 16.0 Å². The van der Waals surface area contributed by atoms with E-state index in [1.54, 1.807) is 35.2 Å². The van der Waals surface area contributed by atoms with Gasteiger partial charge in [-0.05, 0) is 54.8 Å². The maximum Gasteiger partial charge on any atom is 0.326 e. The Morgan fingerprint density at radius 3 is 2.19 bits per heavy atom. The Balaban J connectivity index is 1.17. The molecule has 1 atom stereocenters. The number of halogens is 2. The van der Waals surface area contributed by atoms with E-state index in [9.17, 15) is 24.3 Å². The summed E-state index contributed by atoms with van der Waals surface area (Å²) < 4.78 is 0. The van der Waals surface area contributed by atoms with Crippen LogP contribution >= 0.6 is 23.2 Å². The molecule has 2 aliphatic heterocycles. The van der Waals surface area contributed by atoms with E-state index in [-0.39, 0.29) is 34.0 Å². The molecule has 0 radical (unpaired) electrons. The molecular weight excluding hydrogens is 581 g/mol. The van der Waals surface area contributed by atoms with Gasteiger partial charge >= 0.3 is 12.0 Å². The first-order chi connectivity index (χ1) is 20.2. The van der Waals surface area contributed by atoms with Crippen molar-refractivity contribution in [2.45, 2.75) is 30.8 Å². The number of anilines is 2. The molecule has 2 heterocycles. The first-order valence-electron chi connectivity index (χ1n) is 13.4. The number of urea groups is 1. The fraction of sp³-hybridized carbons (Fsp3) is 0.267. The van der Waals surface area contributed by atoms with Gasteiger partial charge in [0.25, 0.3) is 5.91 Å². The number of aliphatic carboxylic acids is 1. The van der Waals surface area contributed by atoms with Crippen LogP contribution in [0.4, 0.5) is 16.2 Å². The predicted octanol–water partition coefficient (Wildman–Crippen LogP) is 4.38. The third-order valence-corrected chi connectivity index (χ3v) is 8.35. The Morgan fingerprint density at radius 2 is 1.57 bits per heavy atom. The van der Waals surface area contributed by atoms with Crippen LogP contribution in [0, 0.1) is 0 Å². The third-order valence-electron chi connectivity index (χ3n) is 7.72. The minimum atomic E-state index is -1.23. The van der Waals surface area contributed by atoms with Crippen LogP contribution in [0.25, 0.3) is 0 Å². The van der Waals surface area contributed by atoms with Crippen molar-refractivity contribution < 1.29 is 24.3 Å². The van der Waals surface area contributed by atoms with Crippen LogP contribution in [-0.4, -0.2) is 65.2 Å². The summed E-state index contributed by atoms with van der Waals surface area (Å²) in [5.41, 5.74) is 1.46. The minimum Gasteiger partial charge on any atom is -0.480 e. The van der Waals surface area contributed by atoms with Gasteiger partial charge in [0.1, 0.15) is 11.6 Å². The number of rotatable bonds is 7. The number of likely N-dealkylation sites (tertiary alicyclic amines) is 1. The zero-order chi connectivity index (χ0) is 29.9. The van der Waals surface area contributed by atoms with E-state index in [4.69, 9.17) is 23.2 Å². The summed E-state index contributed by atoms with van der Waals surface area (Å²) in [7, 11) is 0. The molecule has 0 aliphatic carbocycles. The van der Waals surface area contributed by atoms with Gasteiger partial charge in [-0.25, -0.2) is 9.59 Å². The van der Waals surface area contributed by atoms with Crippen molar-refractivity contribution in [2.24, 2.45) is 0 Å². The first kappa shape index (κ1) is 29.2. The molecule has 1 spiro atoms. The maximum atomic E-state index is 13.0. The van der Waals surface area contributed by atoms with Crippen LogP contribution in [0.3, 0.4) is 0 Å². The first-order valence-corrected chi connectivity index (χ1v) is 14.2. The fourth-order valence-corrected chi connectivity index (χ4v) is 5.99. The number of amides is 4. The zero-order valence-corrected chi connectivity index (χ0v) is 24.0. The highest BCUT2D eigenvalue weighted by molar-refractivity contribution is 6.39. The van der Waals surface area contributed by atoms with Crippen molar-refractivity contribution in [3.63, 3.8) is 0 Å². The molecule has 10 nitrogen and oxygen atoms in total. The van der Waals surface area contributed by atoms with Gasteiger partial charge < -0.3 is 30.9 Å². The number of carbonyl (C=O) groups is 4. The largest absolute Gasteiger partial charge is 0.480 e. The molecule has 0 aromatic heterocycles. The number of para-hydroxylation sites is 1. The summed E-state index contributed by atoms with van der Waals surface area (Å²) in [6.07, 6.45) is 1.01. The molecule has 218 valence electrons. The highest BCUT2D eigenvalue weighted by Gasteiger charge is 2.50. The second kappa shape index (κ2) is 12.3. The van der Waals surface area contributed by atoms with Gasteiger partial charge in [0.05, 0.1) is 22.3 Å². The lowest BCUT2D eigenvalue weighted by molar-refractivity contribution is -0.139. The Kier molecular flexibility index (Phi) is 8.56. The van der Waals surface area contributed by atoms with Crippen molar-refractivity contribution in [3.05, 3.63) is 94.0 Å². The van der Waals surface area contributed by atoms with Crippen LogP contribution in [0.5, 0.6) is 0 Å². The molecule has 12 heteroatoms. The van der Waals surface area contributed by atoms with Crippen molar-refractivity contribution in [2.75, 3.05) is 30.0 Å². The third kappa shape index (κ3) is 6.00. The van der Waals surface area contributed by atoms with Gasteiger partial charge in [-0.3, -0.25) is 9.59 Å². The van der Waals surface area contributed by atoms with E-state index in [2.05, 4.69) is 20.9 Å². The van der Waals surface area contributed by atoms with Gasteiger partial charge in [-0.15, -0.1) is 0 Å². The molecule has 42 heavy (non-hydrogen) atoms. The van der Waals surface area contributed by atoms with E-state index < -0.39 is 23.5 Å². The molecule has 1 unspecified atom stereocenters. The molecule has 4 N–H and O–H groups in total. The highest BCUT2D eigenvalue weighted by atomic mass is 35.5. The number of carboxylic acids is 1. The quantitative estimate of drug-likeness (QED) is 0.314. The molecule has 4 amide bonds. The SMILES string of the molecule is O=C(NC(Cc1ccc(NC(=O)N2CCC3(CC2)C(=O)NCN3c2ccccc2)cc1)C(=O)O)c1c(Cl)cccc1Cl.